The van der Waals surface area contributed by atoms with Gasteiger partial charge in [-0.05, 0) is 13.8 Å². The summed E-state index contributed by atoms with van der Waals surface area (Å²) < 4.78 is 11.0. The molecule has 0 aromatic heterocycles. The van der Waals surface area contributed by atoms with Crippen LogP contribution in [0.15, 0.2) is 0 Å². The normalized spacial score (nSPS) is 38.9. The monoisotopic (exact) mass is 196 g/mol. The first-order valence-electron chi connectivity index (χ1n) is 4.56. The summed E-state index contributed by atoms with van der Waals surface area (Å²) in [5.41, 5.74) is 0. The quantitative estimate of drug-likeness (QED) is 0.636. The number of nitrogens with one attached hydrogen (secondary N) is 1. The molecule has 1 N–H and O–H groups in total. The molecule has 0 unspecified atom stereocenters. The number of fused-ring (bicyclic) bond motifs is 1. The number of carbonyl (C=O) groups excluding carboxylic acids is 1. The van der Waals surface area contributed by atoms with Gasteiger partial charge >= 0.3 is 0 Å². The van der Waals surface area contributed by atoms with E-state index in [2.05, 4.69) is 5.32 Å². The van der Waals surface area contributed by atoms with Crippen LogP contribution in [0.5, 0.6) is 0 Å². The fourth-order valence-corrected chi connectivity index (χ4v) is 1.90. The third-order valence-corrected chi connectivity index (χ3v) is 2.42. The maximum absolute atomic E-state index is 11.4. The van der Waals surface area contributed by atoms with Crippen molar-refractivity contribution in [2.24, 2.45) is 0 Å². The molecule has 0 aromatic carbocycles. The second-order valence-corrected chi connectivity index (χ2v) is 4.00. The van der Waals surface area contributed by atoms with Gasteiger partial charge in [0.2, 0.25) is 0 Å². The van der Waals surface area contributed by atoms with E-state index in [0.29, 0.717) is 0 Å². The minimum atomic E-state index is -0.721. The van der Waals surface area contributed by atoms with E-state index in [0.717, 1.165) is 0 Å². The lowest BCUT2D eigenvalue weighted by atomic mass is 10.1. The van der Waals surface area contributed by atoms with Crippen molar-refractivity contribution in [2.75, 3.05) is 0 Å². The Morgan fingerprint density at radius 2 is 2.29 bits per heavy atom. The lowest BCUT2D eigenvalue weighted by Gasteiger charge is -2.20. The van der Waals surface area contributed by atoms with Crippen LogP contribution < -0.4 is 5.32 Å². The lowest BCUT2D eigenvalue weighted by molar-refractivity contribution is -0.162. The number of carbonyl (C=O) groups is 1. The first-order valence-corrected chi connectivity index (χ1v) is 4.56. The molecule has 0 radical (unpaired) electrons. The second-order valence-electron chi connectivity index (χ2n) is 4.00. The van der Waals surface area contributed by atoms with Crippen LogP contribution in [0.1, 0.15) is 20.3 Å². The molecule has 2 fully saturated rings. The fourth-order valence-electron chi connectivity index (χ4n) is 1.90. The number of amides is 1. The summed E-state index contributed by atoms with van der Waals surface area (Å²) in [6.45, 7) is 3.53. The Morgan fingerprint density at radius 1 is 1.57 bits per heavy atom. The zero-order chi connectivity index (χ0) is 10.3. The van der Waals surface area contributed by atoms with Gasteiger partial charge in [0, 0.05) is 0 Å². The van der Waals surface area contributed by atoms with E-state index in [1.165, 1.54) is 0 Å². The van der Waals surface area contributed by atoms with Crippen LogP contribution in [-0.4, -0.2) is 29.9 Å². The number of ether oxygens (including phenoxy) is 2. The Kier molecular flexibility index (Phi) is 1.98. The highest BCUT2D eigenvalue weighted by atomic mass is 16.8. The number of hydrogen-bond donors (Lipinski definition) is 1. The van der Waals surface area contributed by atoms with Crippen molar-refractivity contribution in [2.45, 2.75) is 44.3 Å². The zero-order valence-corrected chi connectivity index (χ0v) is 8.11. The molecule has 14 heavy (non-hydrogen) atoms. The van der Waals surface area contributed by atoms with E-state index in [4.69, 9.17) is 14.7 Å². The number of nitrogens with zero attached hydrogens (tertiary/aromatic N) is 1. The highest BCUT2D eigenvalue weighted by Gasteiger charge is 2.53. The standard InChI is InChI=1S/C9H12N2O3/c1-9(2)13-6-5(3-4-10)11-8(12)7(6)14-9/h5-7H,3H2,1-2H3,(H,11,12)/t5-,6-,7-/m0/s1. The Hall–Kier alpha value is -1.12. The van der Waals surface area contributed by atoms with Gasteiger partial charge in [-0.2, -0.15) is 5.26 Å². The minimum Gasteiger partial charge on any atom is -0.347 e. The van der Waals surface area contributed by atoms with Gasteiger partial charge in [-0.15, -0.1) is 0 Å². The molecule has 0 spiro atoms. The Labute approximate surface area is 82.0 Å². The van der Waals surface area contributed by atoms with Gasteiger partial charge in [0.05, 0.1) is 18.5 Å². The molecular weight excluding hydrogens is 184 g/mol. The maximum Gasteiger partial charge on any atom is 0.252 e. The lowest BCUT2D eigenvalue weighted by Crippen LogP contribution is -2.36. The molecular formula is C9H12N2O3. The van der Waals surface area contributed by atoms with Crippen molar-refractivity contribution < 1.29 is 14.3 Å². The summed E-state index contributed by atoms with van der Waals surface area (Å²) in [7, 11) is 0. The van der Waals surface area contributed by atoms with Crippen molar-refractivity contribution >= 4 is 5.91 Å². The molecule has 3 atom stereocenters. The summed E-state index contributed by atoms with van der Waals surface area (Å²) in [6.07, 6.45) is -0.618. The molecule has 2 heterocycles. The van der Waals surface area contributed by atoms with Crippen LogP contribution in [0.3, 0.4) is 0 Å². The molecule has 0 aliphatic carbocycles. The predicted molar refractivity (Wildman–Crippen MR) is 46.0 cm³/mol. The van der Waals surface area contributed by atoms with Gasteiger partial charge in [-0.25, -0.2) is 0 Å². The first kappa shape index (κ1) is 9.44. The van der Waals surface area contributed by atoms with Gasteiger partial charge in [-0.3, -0.25) is 4.79 Å². The van der Waals surface area contributed by atoms with Crippen molar-refractivity contribution in [1.29, 1.82) is 5.26 Å². The second kappa shape index (κ2) is 2.94. The largest absolute Gasteiger partial charge is 0.347 e. The van der Waals surface area contributed by atoms with Gasteiger partial charge < -0.3 is 14.8 Å². The smallest absolute Gasteiger partial charge is 0.252 e. The molecule has 0 saturated carbocycles. The van der Waals surface area contributed by atoms with Gasteiger partial charge in [0.15, 0.2) is 11.9 Å². The van der Waals surface area contributed by atoms with E-state index in [1.54, 1.807) is 13.8 Å². The topological polar surface area (TPSA) is 71.3 Å². The molecule has 2 saturated heterocycles. The fraction of sp³-hybridized carbons (Fsp3) is 0.778. The summed E-state index contributed by atoms with van der Waals surface area (Å²) in [4.78, 5) is 11.4. The highest BCUT2D eigenvalue weighted by molar-refractivity contribution is 5.85. The van der Waals surface area contributed by atoms with Crippen LogP contribution in [0, 0.1) is 11.3 Å². The summed E-state index contributed by atoms with van der Waals surface area (Å²) in [5, 5.41) is 11.2. The molecule has 2 rings (SSSR count). The Morgan fingerprint density at radius 3 is 2.93 bits per heavy atom. The molecule has 5 heteroatoms. The number of nitriles is 1. The van der Waals surface area contributed by atoms with Crippen molar-refractivity contribution in [3.63, 3.8) is 0 Å². The molecule has 5 nitrogen and oxygen atoms in total. The SMILES string of the molecule is CC1(C)O[C@H]2[C@H](CC#N)NC(=O)[C@H]2O1. The number of hydrogen-bond acceptors (Lipinski definition) is 4. The summed E-state index contributed by atoms with van der Waals surface area (Å²) >= 11 is 0. The van der Waals surface area contributed by atoms with Crippen LogP contribution in [0.25, 0.3) is 0 Å². The molecule has 0 bridgehead atoms. The summed E-state index contributed by atoms with van der Waals surface area (Å²) in [5.74, 6) is -0.901. The Balaban J connectivity index is 2.15. The molecule has 0 aromatic rings. The van der Waals surface area contributed by atoms with Gasteiger partial charge in [0.1, 0.15) is 6.10 Å². The van der Waals surface area contributed by atoms with E-state index >= 15 is 0 Å². The average molecular weight is 196 g/mol. The van der Waals surface area contributed by atoms with Crippen LogP contribution in [-0.2, 0) is 14.3 Å². The predicted octanol–water partition coefficient (Wildman–Crippen LogP) is -0.0814. The highest BCUT2D eigenvalue weighted by Crippen LogP contribution is 2.34. The third kappa shape index (κ3) is 1.37. The van der Waals surface area contributed by atoms with E-state index < -0.39 is 11.9 Å². The molecule has 1 amide bonds. The average Bonchev–Trinajstić information content (AvgIpc) is 2.51. The summed E-state index contributed by atoms with van der Waals surface area (Å²) in [6, 6.07) is 1.78. The Bertz CT molecular complexity index is 308. The number of rotatable bonds is 1. The third-order valence-electron chi connectivity index (χ3n) is 2.42. The van der Waals surface area contributed by atoms with Crippen LogP contribution >= 0.6 is 0 Å². The van der Waals surface area contributed by atoms with Crippen LogP contribution in [0.4, 0.5) is 0 Å². The maximum atomic E-state index is 11.4. The van der Waals surface area contributed by atoms with E-state index in [9.17, 15) is 4.79 Å². The van der Waals surface area contributed by atoms with Gasteiger partial charge in [-0.1, -0.05) is 0 Å². The molecule has 2 aliphatic heterocycles. The van der Waals surface area contributed by atoms with Crippen molar-refractivity contribution in [3.8, 4) is 6.07 Å². The van der Waals surface area contributed by atoms with E-state index in [1.807, 2.05) is 6.07 Å². The van der Waals surface area contributed by atoms with Crippen molar-refractivity contribution in [3.05, 3.63) is 0 Å². The van der Waals surface area contributed by atoms with Gasteiger partial charge in [0.25, 0.3) is 5.91 Å². The van der Waals surface area contributed by atoms with E-state index in [-0.39, 0.29) is 24.5 Å². The zero-order valence-electron chi connectivity index (χ0n) is 8.11. The first-order chi connectivity index (χ1) is 6.53. The minimum absolute atomic E-state index is 0.180. The van der Waals surface area contributed by atoms with Crippen molar-refractivity contribution in [1.82, 2.24) is 5.32 Å². The molecule has 2 aliphatic rings. The molecule has 76 valence electrons. The van der Waals surface area contributed by atoms with Crippen LogP contribution in [0.2, 0.25) is 0 Å².